The molecule has 1 rings (SSSR count). The van der Waals surface area contributed by atoms with E-state index in [1.165, 1.54) is 0 Å². The summed E-state index contributed by atoms with van der Waals surface area (Å²) in [6.07, 6.45) is -0.904. The number of carbonyl (C=O) groups excluding carboxylic acids is 1. The van der Waals surface area contributed by atoms with E-state index in [0.717, 1.165) is 0 Å². The molecule has 0 radical (unpaired) electrons. The lowest BCUT2D eigenvalue weighted by atomic mass is 9.92. The smallest absolute Gasteiger partial charge is 0.192 e. The maximum atomic E-state index is 11.9. The molecule has 0 saturated carbocycles. The van der Waals surface area contributed by atoms with Gasteiger partial charge in [-0.25, -0.2) is 0 Å². The third-order valence-electron chi connectivity index (χ3n) is 4.63. The maximum Gasteiger partial charge on any atom is 0.192 e. The second kappa shape index (κ2) is 6.26. The van der Waals surface area contributed by atoms with Crippen molar-refractivity contribution in [3.05, 3.63) is 0 Å². The molecule has 4 nitrogen and oxygen atoms in total. The Hall–Kier alpha value is -0.233. The Bertz CT molecular complexity index is 348. The molecule has 0 aromatic heterocycles. The molecule has 118 valence electrons. The molecule has 4 atom stereocenters. The minimum absolute atomic E-state index is 0.0164. The van der Waals surface area contributed by atoms with Crippen molar-refractivity contribution in [3.63, 3.8) is 0 Å². The molecule has 1 heterocycles. The van der Waals surface area contributed by atoms with Gasteiger partial charge in [-0.05, 0) is 25.1 Å². The number of methoxy groups -OCH3 is 1. The van der Waals surface area contributed by atoms with E-state index < -0.39 is 14.4 Å². The minimum atomic E-state index is -1.98. The molecule has 0 aromatic rings. The quantitative estimate of drug-likeness (QED) is 0.749. The second-order valence-corrected chi connectivity index (χ2v) is 12.1. The van der Waals surface area contributed by atoms with Gasteiger partial charge < -0.3 is 13.9 Å². The molecule has 0 spiro atoms. The van der Waals surface area contributed by atoms with Crippen molar-refractivity contribution in [1.29, 1.82) is 0 Å². The van der Waals surface area contributed by atoms with Gasteiger partial charge in [0.1, 0.15) is 12.2 Å². The average Bonchev–Trinajstić information content (AvgIpc) is 2.26. The third kappa shape index (κ3) is 3.69. The Morgan fingerprint density at radius 3 is 2.20 bits per heavy atom. The minimum Gasteiger partial charge on any atom is -0.408 e. The Balaban J connectivity index is 3.02. The highest BCUT2D eigenvalue weighted by Crippen LogP contribution is 2.39. The van der Waals surface area contributed by atoms with Gasteiger partial charge in [-0.3, -0.25) is 4.79 Å². The fourth-order valence-electron chi connectivity index (χ4n) is 2.30. The number of hydrogen-bond donors (Lipinski definition) is 0. The standard InChI is InChI=1S/C15H30O4Si/c1-10-9-18-13(11(2)16)14(12(10)17-6)19-20(7,8)15(3,4)5/h10,12-14H,9H2,1-8H3/t10-,12-,13-,14+/m0/s1. The SMILES string of the molecule is CO[C@@H]1[C@@H](O[Si](C)(C)C(C)(C)C)[C@H](C(C)=O)OC[C@@H]1C. The van der Waals surface area contributed by atoms with Crippen molar-refractivity contribution in [2.75, 3.05) is 13.7 Å². The Kier molecular flexibility index (Phi) is 5.58. The second-order valence-electron chi connectivity index (χ2n) is 7.38. The zero-order valence-electron chi connectivity index (χ0n) is 14.1. The fourth-order valence-corrected chi connectivity index (χ4v) is 3.59. The normalized spacial score (nSPS) is 32.2. The van der Waals surface area contributed by atoms with Gasteiger partial charge in [-0.1, -0.05) is 27.7 Å². The number of Topliss-reactive ketones (excluding diaryl/α,β-unsaturated/α-hetero) is 1. The van der Waals surface area contributed by atoms with Gasteiger partial charge in [-0.2, -0.15) is 0 Å². The van der Waals surface area contributed by atoms with Crippen LogP contribution in [-0.2, 0) is 18.7 Å². The van der Waals surface area contributed by atoms with E-state index in [1.807, 2.05) is 0 Å². The molecule has 5 heteroatoms. The van der Waals surface area contributed by atoms with Gasteiger partial charge in [0, 0.05) is 13.0 Å². The monoisotopic (exact) mass is 302 g/mol. The van der Waals surface area contributed by atoms with E-state index in [4.69, 9.17) is 13.9 Å². The van der Waals surface area contributed by atoms with Crippen LogP contribution in [0, 0.1) is 5.92 Å². The molecular weight excluding hydrogens is 272 g/mol. The lowest BCUT2D eigenvalue weighted by molar-refractivity contribution is -0.174. The predicted molar refractivity (Wildman–Crippen MR) is 82.5 cm³/mol. The first-order valence-electron chi connectivity index (χ1n) is 7.34. The summed E-state index contributed by atoms with van der Waals surface area (Å²) >= 11 is 0. The van der Waals surface area contributed by atoms with Crippen LogP contribution in [0.25, 0.3) is 0 Å². The molecule has 20 heavy (non-hydrogen) atoms. The van der Waals surface area contributed by atoms with Gasteiger partial charge in [0.05, 0.1) is 12.7 Å². The summed E-state index contributed by atoms with van der Waals surface area (Å²) in [5.41, 5.74) is 0. The maximum absolute atomic E-state index is 11.9. The van der Waals surface area contributed by atoms with Crippen LogP contribution in [0.3, 0.4) is 0 Å². The van der Waals surface area contributed by atoms with Crippen molar-refractivity contribution in [2.45, 2.75) is 71.1 Å². The fraction of sp³-hybridized carbons (Fsp3) is 0.933. The first kappa shape index (κ1) is 17.8. The van der Waals surface area contributed by atoms with Crippen LogP contribution in [-0.4, -0.2) is 46.1 Å². The highest BCUT2D eigenvalue weighted by molar-refractivity contribution is 6.74. The molecule has 1 saturated heterocycles. The van der Waals surface area contributed by atoms with E-state index >= 15 is 0 Å². The first-order valence-corrected chi connectivity index (χ1v) is 10.2. The summed E-state index contributed by atoms with van der Waals surface area (Å²) in [6, 6.07) is 0. The predicted octanol–water partition coefficient (Wildman–Crippen LogP) is 3.02. The van der Waals surface area contributed by atoms with Gasteiger partial charge in [-0.15, -0.1) is 0 Å². The molecule has 0 aliphatic carbocycles. The molecular formula is C15H30O4Si. The van der Waals surface area contributed by atoms with Crippen molar-refractivity contribution in [1.82, 2.24) is 0 Å². The highest BCUT2D eigenvalue weighted by atomic mass is 28.4. The third-order valence-corrected chi connectivity index (χ3v) is 9.11. The Morgan fingerprint density at radius 2 is 1.80 bits per heavy atom. The number of rotatable bonds is 4. The Labute approximate surface area is 124 Å². The van der Waals surface area contributed by atoms with E-state index in [9.17, 15) is 4.79 Å². The van der Waals surface area contributed by atoms with Crippen molar-refractivity contribution in [2.24, 2.45) is 5.92 Å². The highest BCUT2D eigenvalue weighted by Gasteiger charge is 2.47. The molecule has 0 aromatic carbocycles. The van der Waals surface area contributed by atoms with E-state index in [-0.39, 0.29) is 28.9 Å². The van der Waals surface area contributed by atoms with E-state index in [2.05, 4.69) is 40.8 Å². The number of hydrogen-bond acceptors (Lipinski definition) is 4. The first-order chi connectivity index (χ1) is 9.01. The average molecular weight is 302 g/mol. The molecule has 1 aliphatic heterocycles. The van der Waals surface area contributed by atoms with Crippen LogP contribution in [0.4, 0.5) is 0 Å². The van der Waals surface area contributed by atoms with Gasteiger partial charge in [0.2, 0.25) is 0 Å². The van der Waals surface area contributed by atoms with E-state index in [0.29, 0.717) is 6.61 Å². The molecule has 0 bridgehead atoms. The largest absolute Gasteiger partial charge is 0.408 e. The van der Waals surface area contributed by atoms with Crippen LogP contribution in [0.2, 0.25) is 18.1 Å². The van der Waals surface area contributed by atoms with Crippen molar-refractivity contribution < 1.29 is 18.7 Å². The number of ketones is 1. The molecule has 0 unspecified atom stereocenters. The van der Waals surface area contributed by atoms with Gasteiger partial charge >= 0.3 is 0 Å². The zero-order chi connectivity index (χ0) is 15.7. The van der Waals surface area contributed by atoms with Crippen LogP contribution >= 0.6 is 0 Å². The molecule has 0 amide bonds. The summed E-state index contributed by atoms with van der Waals surface area (Å²) in [7, 11) is -0.294. The van der Waals surface area contributed by atoms with Crippen LogP contribution in [0.15, 0.2) is 0 Å². The Morgan fingerprint density at radius 1 is 1.25 bits per heavy atom. The number of ether oxygens (including phenoxy) is 2. The van der Waals surface area contributed by atoms with Gasteiger partial charge in [0.15, 0.2) is 14.1 Å². The lowest BCUT2D eigenvalue weighted by Crippen LogP contribution is -2.58. The molecule has 0 N–H and O–H groups in total. The summed E-state index contributed by atoms with van der Waals surface area (Å²) in [5.74, 6) is 0.244. The van der Waals surface area contributed by atoms with Crippen LogP contribution < -0.4 is 0 Å². The number of carbonyl (C=O) groups is 1. The summed E-state index contributed by atoms with van der Waals surface area (Å²) in [6.45, 7) is 15.1. The van der Waals surface area contributed by atoms with Gasteiger partial charge in [0.25, 0.3) is 0 Å². The summed E-state index contributed by atoms with van der Waals surface area (Å²) in [4.78, 5) is 11.9. The summed E-state index contributed by atoms with van der Waals surface area (Å²) in [5, 5.41) is 0.0906. The summed E-state index contributed by atoms with van der Waals surface area (Å²) < 4.78 is 17.8. The zero-order valence-corrected chi connectivity index (χ0v) is 15.1. The molecule has 1 aliphatic rings. The van der Waals surface area contributed by atoms with Crippen LogP contribution in [0.1, 0.15) is 34.6 Å². The van der Waals surface area contributed by atoms with Crippen molar-refractivity contribution >= 4 is 14.1 Å². The van der Waals surface area contributed by atoms with E-state index in [1.54, 1.807) is 14.0 Å². The van der Waals surface area contributed by atoms with Crippen molar-refractivity contribution in [3.8, 4) is 0 Å². The topological polar surface area (TPSA) is 44.8 Å². The molecule has 1 fully saturated rings. The van der Waals surface area contributed by atoms with Crippen LogP contribution in [0.5, 0.6) is 0 Å². The lowest BCUT2D eigenvalue weighted by Gasteiger charge is -2.46.